The summed E-state index contributed by atoms with van der Waals surface area (Å²) in [6.07, 6.45) is 1.57. The lowest BCUT2D eigenvalue weighted by Gasteiger charge is -2.11. The SMILES string of the molecule is COc1ccccc1NC(=O)/C(=C/[C@H]1CC(=O)NC1=S)C(C)=O. The smallest absolute Gasteiger partial charge is 0.259 e. The quantitative estimate of drug-likeness (QED) is 0.370. The first kappa shape index (κ1) is 16.8. The molecular weight excluding hydrogens is 316 g/mol. The Morgan fingerprint density at radius 3 is 2.65 bits per heavy atom. The van der Waals surface area contributed by atoms with Gasteiger partial charge in [0, 0.05) is 12.3 Å². The van der Waals surface area contributed by atoms with E-state index in [0.29, 0.717) is 16.4 Å². The van der Waals surface area contributed by atoms with Crippen molar-refractivity contribution < 1.29 is 19.1 Å². The third-order valence-corrected chi connectivity index (χ3v) is 3.76. The third-order valence-electron chi connectivity index (χ3n) is 3.35. The lowest BCUT2D eigenvalue weighted by atomic mass is 10.0. The summed E-state index contributed by atoms with van der Waals surface area (Å²) in [5.74, 6) is -1.15. The van der Waals surface area contributed by atoms with E-state index in [9.17, 15) is 14.4 Å². The molecule has 0 bridgehead atoms. The number of carbonyl (C=O) groups excluding carboxylic acids is 3. The van der Waals surface area contributed by atoms with Crippen molar-refractivity contribution in [2.45, 2.75) is 13.3 Å². The van der Waals surface area contributed by atoms with E-state index in [4.69, 9.17) is 17.0 Å². The summed E-state index contributed by atoms with van der Waals surface area (Å²) in [5.41, 5.74) is 0.412. The molecule has 1 atom stereocenters. The third kappa shape index (κ3) is 4.01. The minimum absolute atomic E-state index is 0.0419. The number of hydrogen-bond donors (Lipinski definition) is 2. The number of ether oxygens (including phenoxy) is 1. The van der Waals surface area contributed by atoms with E-state index >= 15 is 0 Å². The predicted molar refractivity (Wildman–Crippen MR) is 89.2 cm³/mol. The van der Waals surface area contributed by atoms with Gasteiger partial charge in [0.2, 0.25) is 5.91 Å². The lowest BCUT2D eigenvalue weighted by Crippen LogP contribution is -2.22. The van der Waals surface area contributed by atoms with Crippen LogP contribution in [0.5, 0.6) is 5.75 Å². The summed E-state index contributed by atoms with van der Waals surface area (Å²) >= 11 is 5.04. The highest BCUT2D eigenvalue weighted by atomic mass is 32.1. The molecule has 0 unspecified atom stereocenters. The number of anilines is 1. The van der Waals surface area contributed by atoms with Crippen LogP contribution in [0.1, 0.15) is 13.3 Å². The Bertz CT molecular complexity index is 712. The minimum atomic E-state index is -0.566. The van der Waals surface area contributed by atoms with Gasteiger partial charge in [-0.2, -0.15) is 0 Å². The van der Waals surface area contributed by atoms with E-state index in [1.807, 2.05) is 0 Å². The zero-order chi connectivity index (χ0) is 17.0. The van der Waals surface area contributed by atoms with Crippen molar-refractivity contribution in [1.82, 2.24) is 5.32 Å². The number of Topliss-reactive ketones (excluding diaryl/α,β-unsaturated/α-hetero) is 1. The maximum Gasteiger partial charge on any atom is 0.259 e. The van der Waals surface area contributed by atoms with Crippen LogP contribution >= 0.6 is 12.2 Å². The molecule has 1 heterocycles. The minimum Gasteiger partial charge on any atom is -0.495 e. The molecule has 7 heteroatoms. The number of benzene rings is 1. The number of methoxy groups -OCH3 is 1. The topological polar surface area (TPSA) is 84.5 Å². The molecule has 120 valence electrons. The van der Waals surface area contributed by atoms with Crippen LogP contribution in [-0.2, 0) is 14.4 Å². The molecule has 1 fully saturated rings. The van der Waals surface area contributed by atoms with Crippen LogP contribution in [0.2, 0.25) is 0 Å². The lowest BCUT2D eigenvalue weighted by molar-refractivity contribution is -0.120. The van der Waals surface area contributed by atoms with Gasteiger partial charge in [0.25, 0.3) is 5.91 Å². The van der Waals surface area contributed by atoms with Crippen molar-refractivity contribution in [3.63, 3.8) is 0 Å². The van der Waals surface area contributed by atoms with Gasteiger partial charge >= 0.3 is 0 Å². The molecule has 23 heavy (non-hydrogen) atoms. The predicted octanol–water partition coefficient (Wildman–Crippen LogP) is 1.61. The van der Waals surface area contributed by atoms with E-state index in [0.717, 1.165) is 0 Å². The molecule has 6 nitrogen and oxygen atoms in total. The summed E-state index contributed by atoms with van der Waals surface area (Å²) in [6.45, 7) is 1.29. The zero-order valence-corrected chi connectivity index (χ0v) is 13.5. The van der Waals surface area contributed by atoms with Crippen molar-refractivity contribution in [2.24, 2.45) is 5.92 Å². The fraction of sp³-hybridized carbons (Fsp3) is 0.250. The second kappa shape index (κ2) is 7.15. The molecule has 0 saturated carbocycles. The standard InChI is InChI=1S/C16H16N2O4S/c1-9(19)11(7-10-8-14(20)18-16(10)23)15(21)17-12-5-3-4-6-13(12)22-2/h3-7,10H,8H2,1-2H3,(H,17,21)(H,18,20,23)/b11-7+/t10-/m0/s1. The van der Waals surface area contributed by atoms with Gasteiger partial charge in [-0.15, -0.1) is 0 Å². The normalized spacial score (nSPS) is 17.7. The zero-order valence-electron chi connectivity index (χ0n) is 12.7. The Morgan fingerprint density at radius 2 is 2.09 bits per heavy atom. The number of ketones is 1. The fourth-order valence-electron chi connectivity index (χ4n) is 2.20. The molecule has 1 saturated heterocycles. The van der Waals surface area contributed by atoms with Gasteiger partial charge in [0.15, 0.2) is 5.78 Å². The first-order chi connectivity index (χ1) is 10.9. The average molecular weight is 332 g/mol. The number of amides is 2. The molecule has 1 aliphatic heterocycles. The van der Waals surface area contributed by atoms with Crippen molar-refractivity contribution in [3.8, 4) is 5.75 Å². The van der Waals surface area contributed by atoms with Crippen molar-refractivity contribution in [2.75, 3.05) is 12.4 Å². The molecule has 1 aromatic carbocycles. The highest BCUT2D eigenvalue weighted by Gasteiger charge is 2.28. The molecule has 0 aliphatic carbocycles. The molecule has 0 spiro atoms. The Morgan fingerprint density at radius 1 is 1.39 bits per heavy atom. The summed E-state index contributed by atoms with van der Waals surface area (Å²) in [6, 6.07) is 6.87. The van der Waals surface area contributed by atoms with E-state index in [-0.39, 0.29) is 17.9 Å². The Balaban J connectivity index is 2.24. The second-order valence-corrected chi connectivity index (χ2v) is 5.45. The molecule has 1 aliphatic rings. The van der Waals surface area contributed by atoms with Gasteiger partial charge in [-0.3, -0.25) is 14.4 Å². The first-order valence-electron chi connectivity index (χ1n) is 6.93. The van der Waals surface area contributed by atoms with E-state index in [1.54, 1.807) is 24.3 Å². The van der Waals surface area contributed by atoms with Crippen LogP contribution in [0.3, 0.4) is 0 Å². The summed E-state index contributed by atoms with van der Waals surface area (Å²) in [5, 5.41) is 5.14. The van der Waals surface area contributed by atoms with Crippen LogP contribution in [0.25, 0.3) is 0 Å². The molecule has 1 aromatic rings. The largest absolute Gasteiger partial charge is 0.495 e. The van der Waals surface area contributed by atoms with Crippen molar-refractivity contribution >= 4 is 40.5 Å². The van der Waals surface area contributed by atoms with Crippen LogP contribution in [-0.4, -0.2) is 29.7 Å². The van der Waals surface area contributed by atoms with Crippen LogP contribution in [0.15, 0.2) is 35.9 Å². The van der Waals surface area contributed by atoms with Crippen LogP contribution < -0.4 is 15.4 Å². The van der Waals surface area contributed by atoms with Gasteiger partial charge in [0.05, 0.1) is 23.4 Å². The van der Waals surface area contributed by atoms with Crippen LogP contribution in [0, 0.1) is 5.92 Å². The Hall–Kier alpha value is -2.54. The number of nitrogens with one attached hydrogen (secondary N) is 2. The molecule has 0 radical (unpaired) electrons. The van der Waals surface area contributed by atoms with Gasteiger partial charge in [0.1, 0.15) is 5.75 Å². The summed E-state index contributed by atoms with van der Waals surface area (Å²) < 4.78 is 5.16. The number of para-hydroxylation sites is 2. The Labute approximate surface area is 138 Å². The van der Waals surface area contributed by atoms with E-state index in [2.05, 4.69) is 10.6 Å². The number of carbonyl (C=O) groups is 3. The maximum absolute atomic E-state index is 12.4. The van der Waals surface area contributed by atoms with Crippen molar-refractivity contribution in [1.29, 1.82) is 0 Å². The number of thiocarbonyl (C=S) groups is 1. The van der Waals surface area contributed by atoms with Crippen molar-refractivity contribution in [3.05, 3.63) is 35.9 Å². The number of rotatable bonds is 5. The molecule has 2 amide bonds. The molecular formula is C16H16N2O4S. The van der Waals surface area contributed by atoms with Gasteiger partial charge in [-0.05, 0) is 19.1 Å². The van der Waals surface area contributed by atoms with Gasteiger partial charge in [-0.1, -0.05) is 30.4 Å². The molecule has 2 N–H and O–H groups in total. The van der Waals surface area contributed by atoms with E-state index in [1.165, 1.54) is 20.1 Å². The summed E-state index contributed by atoms with van der Waals surface area (Å²) in [4.78, 5) is 35.8. The molecule has 0 aromatic heterocycles. The first-order valence-corrected chi connectivity index (χ1v) is 7.34. The average Bonchev–Trinajstić information content (AvgIpc) is 2.82. The highest BCUT2D eigenvalue weighted by molar-refractivity contribution is 7.80. The van der Waals surface area contributed by atoms with E-state index < -0.39 is 17.6 Å². The second-order valence-electron chi connectivity index (χ2n) is 5.01. The number of hydrogen-bond acceptors (Lipinski definition) is 5. The monoisotopic (exact) mass is 332 g/mol. The van der Waals surface area contributed by atoms with Gasteiger partial charge in [-0.25, -0.2) is 0 Å². The highest BCUT2D eigenvalue weighted by Crippen LogP contribution is 2.24. The molecule has 2 rings (SSSR count). The maximum atomic E-state index is 12.4. The summed E-state index contributed by atoms with van der Waals surface area (Å²) in [7, 11) is 1.49. The Kier molecular flexibility index (Phi) is 5.23. The van der Waals surface area contributed by atoms with Gasteiger partial charge < -0.3 is 15.4 Å². The van der Waals surface area contributed by atoms with Crippen LogP contribution in [0.4, 0.5) is 5.69 Å². The fourth-order valence-corrected chi connectivity index (χ4v) is 2.47.